The van der Waals surface area contributed by atoms with Crippen LogP contribution in [0.3, 0.4) is 0 Å². The van der Waals surface area contributed by atoms with Gasteiger partial charge in [-0.25, -0.2) is 0 Å². The van der Waals surface area contributed by atoms with Gasteiger partial charge in [-0.3, -0.25) is 0 Å². The molecule has 0 amide bonds. The molecule has 6 nitrogen and oxygen atoms in total. The number of thioether (sulfide) groups is 1. The molecule has 1 fully saturated rings. The van der Waals surface area contributed by atoms with E-state index in [-0.39, 0.29) is 11.5 Å². The summed E-state index contributed by atoms with van der Waals surface area (Å²) in [6, 6.07) is 51.3. The fourth-order valence-corrected chi connectivity index (χ4v) is 7.47. The summed E-state index contributed by atoms with van der Waals surface area (Å²) in [4.78, 5) is 0. The van der Waals surface area contributed by atoms with Crippen molar-refractivity contribution in [2.45, 2.75) is 69.3 Å². The van der Waals surface area contributed by atoms with Gasteiger partial charge in [0.05, 0.1) is 39.1 Å². The summed E-state index contributed by atoms with van der Waals surface area (Å²) in [5.74, 6) is 0.673. The Morgan fingerprint density at radius 2 is 0.961 bits per heavy atom. The fraction of sp³-hybridized carbons (Fsp3) is 0.318. The van der Waals surface area contributed by atoms with Crippen LogP contribution in [0.2, 0.25) is 0 Å². The molecule has 6 rings (SSSR count). The summed E-state index contributed by atoms with van der Waals surface area (Å²) < 4.78 is 40.2. The lowest BCUT2D eigenvalue weighted by molar-refractivity contribution is -0.254. The van der Waals surface area contributed by atoms with E-state index in [1.165, 1.54) is 0 Å². The third-order valence-electron chi connectivity index (χ3n) is 8.79. The summed E-state index contributed by atoms with van der Waals surface area (Å²) in [7, 11) is 0. The largest absolute Gasteiger partial charge is 0.374 e. The molecular weight excluding hydrogens is 657 g/mol. The zero-order valence-corrected chi connectivity index (χ0v) is 30.0. The molecule has 0 saturated carbocycles. The van der Waals surface area contributed by atoms with Crippen LogP contribution in [0, 0.1) is 0 Å². The van der Waals surface area contributed by atoms with Crippen LogP contribution in [0.4, 0.5) is 0 Å². The number of rotatable bonds is 19. The summed E-state index contributed by atoms with van der Waals surface area (Å²) >= 11 is 1.70. The van der Waals surface area contributed by atoms with Crippen LogP contribution < -0.4 is 0 Å². The molecule has 5 aromatic rings. The fourth-order valence-electron chi connectivity index (χ4n) is 6.17. The first kappa shape index (κ1) is 37.0. The van der Waals surface area contributed by atoms with Crippen molar-refractivity contribution in [3.05, 3.63) is 179 Å². The summed E-state index contributed by atoms with van der Waals surface area (Å²) in [5.41, 5.74) is 5.08. The average Bonchev–Trinajstić information content (AvgIpc) is 3.19. The Bertz CT molecular complexity index is 1640. The topological polar surface area (TPSA) is 55.4 Å². The van der Waals surface area contributed by atoms with Gasteiger partial charge in [0, 0.05) is 12.4 Å². The van der Waals surface area contributed by atoms with E-state index < -0.39 is 24.4 Å². The maximum absolute atomic E-state index is 7.03. The lowest BCUT2D eigenvalue weighted by atomic mass is 9.98. The third kappa shape index (κ3) is 11.3. The summed E-state index contributed by atoms with van der Waals surface area (Å²) in [6.07, 6.45) is -1.92. The van der Waals surface area contributed by atoms with E-state index in [9.17, 15) is 0 Å². The van der Waals surface area contributed by atoms with Crippen molar-refractivity contribution in [1.82, 2.24) is 0 Å². The molecule has 0 aliphatic carbocycles. The molecule has 1 saturated heterocycles. The van der Waals surface area contributed by atoms with Crippen LogP contribution >= 0.6 is 11.8 Å². The minimum absolute atomic E-state index is 0.108. The van der Waals surface area contributed by atoms with Crippen LogP contribution in [-0.4, -0.2) is 48.8 Å². The Kier molecular flexibility index (Phi) is 14.7. The van der Waals surface area contributed by atoms with Crippen LogP contribution in [0.1, 0.15) is 40.8 Å². The number of hydrogen-bond donors (Lipinski definition) is 0. The first-order chi connectivity index (χ1) is 25.3. The standard InChI is InChI=1S/C44H48O6S/c1-2-46-40(38-26-16-7-17-27-38)33-51-44-43(49-31-37-24-14-6-15-25-37)42(48-30-36-22-12-5-13-23-36)41(47-29-35-20-10-4-11-21-35)39(50-44)32-45-28-34-18-8-3-9-19-34/h3-27,39-44H,2,28-33H2,1H3/t39-,40?,41-,42+,43-,44+/m1/s1. The van der Waals surface area contributed by atoms with Crippen LogP contribution in [0.25, 0.3) is 0 Å². The van der Waals surface area contributed by atoms with E-state index in [1.807, 2.05) is 85.8 Å². The number of benzene rings is 5. The van der Waals surface area contributed by atoms with E-state index in [4.69, 9.17) is 28.4 Å². The second-order valence-corrected chi connectivity index (χ2v) is 13.6. The van der Waals surface area contributed by atoms with Crippen LogP contribution in [-0.2, 0) is 54.8 Å². The van der Waals surface area contributed by atoms with E-state index >= 15 is 0 Å². The molecule has 6 atom stereocenters. The smallest absolute Gasteiger partial charge is 0.132 e. The molecule has 266 valence electrons. The predicted octanol–water partition coefficient (Wildman–Crippen LogP) is 9.20. The van der Waals surface area contributed by atoms with Crippen LogP contribution in [0.5, 0.6) is 0 Å². The van der Waals surface area contributed by atoms with Gasteiger partial charge in [0.2, 0.25) is 0 Å². The predicted molar refractivity (Wildman–Crippen MR) is 203 cm³/mol. The average molecular weight is 705 g/mol. The van der Waals surface area contributed by atoms with Gasteiger partial charge in [0.1, 0.15) is 29.9 Å². The van der Waals surface area contributed by atoms with Gasteiger partial charge >= 0.3 is 0 Å². The van der Waals surface area contributed by atoms with Gasteiger partial charge in [-0.05, 0) is 34.7 Å². The Morgan fingerprint density at radius 3 is 1.45 bits per heavy atom. The number of hydrogen-bond acceptors (Lipinski definition) is 7. The molecule has 7 heteroatoms. The molecule has 1 aliphatic heterocycles. The zero-order valence-electron chi connectivity index (χ0n) is 29.2. The third-order valence-corrected chi connectivity index (χ3v) is 9.99. The molecule has 0 aromatic heterocycles. The molecule has 0 spiro atoms. The van der Waals surface area contributed by atoms with Crippen molar-refractivity contribution in [3.8, 4) is 0 Å². The first-order valence-electron chi connectivity index (χ1n) is 17.8. The van der Waals surface area contributed by atoms with Gasteiger partial charge in [0.15, 0.2) is 0 Å². The van der Waals surface area contributed by atoms with Crippen molar-refractivity contribution >= 4 is 11.8 Å². The monoisotopic (exact) mass is 704 g/mol. The van der Waals surface area contributed by atoms with Crippen molar-refractivity contribution in [2.75, 3.05) is 19.0 Å². The van der Waals surface area contributed by atoms with E-state index in [1.54, 1.807) is 11.8 Å². The molecule has 51 heavy (non-hydrogen) atoms. The first-order valence-corrected chi connectivity index (χ1v) is 18.8. The van der Waals surface area contributed by atoms with E-state index in [2.05, 4.69) is 72.8 Å². The molecular formula is C44H48O6S. The van der Waals surface area contributed by atoms with Crippen molar-refractivity contribution in [1.29, 1.82) is 0 Å². The highest BCUT2D eigenvalue weighted by Crippen LogP contribution is 2.37. The van der Waals surface area contributed by atoms with Gasteiger partial charge in [0.25, 0.3) is 0 Å². The highest BCUT2D eigenvalue weighted by Gasteiger charge is 2.49. The second-order valence-electron chi connectivity index (χ2n) is 12.5. The van der Waals surface area contributed by atoms with Crippen molar-refractivity contribution < 1.29 is 28.4 Å². The maximum atomic E-state index is 7.03. The van der Waals surface area contributed by atoms with Crippen LogP contribution in [0.15, 0.2) is 152 Å². The highest BCUT2D eigenvalue weighted by atomic mass is 32.2. The summed E-state index contributed by atoms with van der Waals surface area (Å²) in [5, 5.41) is 0. The molecule has 0 N–H and O–H groups in total. The minimum Gasteiger partial charge on any atom is -0.374 e. The van der Waals surface area contributed by atoms with Gasteiger partial charge < -0.3 is 28.4 Å². The summed E-state index contributed by atoms with van der Waals surface area (Å²) in [6.45, 7) is 4.65. The van der Waals surface area contributed by atoms with Gasteiger partial charge in [-0.15, -0.1) is 11.8 Å². The maximum Gasteiger partial charge on any atom is 0.132 e. The van der Waals surface area contributed by atoms with E-state index in [0.717, 1.165) is 27.8 Å². The zero-order chi connectivity index (χ0) is 34.9. The normalized spacial score (nSPS) is 20.9. The Morgan fingerprint density at radius 1 is 0.529 bits per heavy atom. The van der Waals surface area contributed by atoms with E-state index in [0.29, 0.717) is 45.4 Å². The highest BCUT2D eigenvalue weighted by molar-refractivity contribution is 7.99. The Hall–Kier alpha value is -3.79. The minimum atomic E-state index is -0.473. The SMILES string of the molecule is CCOC(CS[C@@H]1O[C@H](COCc2ccccc2)[C@@H](OCc2ccccc2)[C@H](OCc2ccccc2)[C@H]1OCc1ccccc1)c1ccccc1. The molecule has 1 unspecified atom stereocenters. The second kappa shape index (κ2) is 20.3. The Balaban J connectivity index is 1.31. The lowest BCUT2D eigenvalue weighted by Gasteiger charge is -2.46. The Labute approximate surface area is 307 Å². The quantitative estimate of drug-likeness (QED) is 0.0850. The van der Waals surface area contributed by atoms with Gasteiger partial charge in [-0.1, -0.05) is 152 Å². The van der Waals surface area contributed by atoms with Gasteiger partial charge in [-0.2, -0.15) is 0 Å². The number of ether oxygens (including phenoxy) is 6. The molecule has 1 aliphatic rings. The molecule has 0 radical (unpaired) electrons. The van der Waals surface area contributed by atoms with Crippen molar-refractivity contribution in [3.63, 3.8) is 0 Å². The molecule has 5 aromatic carbocycles. The van der Waals surface area contributed by atoms with Crippen molar-refractivity contribution in [2.24, 2.45) is 0 Å². The molecule has 1 heterocycles. The lowest BCUT2D eigenvalue weighted by Crippen LogP contribution is -2.60. The molecule has 0 bridgehead atoms.